The predicted molar refractivity (Wildman–Crippen MR) is 85.6 cm³/mol. The second-order valence-corrected chi connectivity index (χ2v) is 6.77. The van der Waals surface area contributed by atoms with E-state index in [1.54, 1.807) is 0 Å². The molecular weight excluding hydrogens is 260 g/mol. The van der Waals surface area contributed by atoms with Crippen LogP contribution in [0.5, 0.6) is 0 Å². The molecule has 2 fully saturated rings. The van der Waals surface area contributed by atoms with Crippen LogP contribution >= 0.6 is 0 Å². The summed E-state index contributed by atoms with van der Waals surface area (Å²) in [6.45, 7) is 9.31. The van der Waals surface area contributed by atoms with Gasteiger partial charge >= 0.3 is 0 Å². The summed E-state index contributed by atoms with van der Waals surface area (Å²) in [4.78, 5) is 17.3. The van der Waals surface area contributed by atoms with Crippen molar-refractivity contribution in [2.45, 2.75) is 33.1 Å². The highest BCUT2D eigenvalue weighted by molar-refractivity contribution is 5.94. The highest BCUT2D eigenvalue weighted by Gasteiger charge is 2.26. The lowest BCUT2D eigenvalue weighted by Gasteiger charge is -2.22. The lowest BCUT2D eigenvalue weighted by atomic mass is 10.1. The average molecular weight is 286 g/mol. The van der Waals surface area contributed by atoms with Crippen LogP contribution in [0.3, 0.4) is 0 Å². The molecule has 3 rings (SSSR count). The van der Waals surface area contributed by atoms with Crippen LogP contribution in [-0.4, -0.2) is 48.4 Å². The van der Waals surface area contributed by atoms with Crippen molar-refractivity contribution in [3.8, 4) is 0 Å². The van der Waals surface area contributed by atoms with Crippen LogP contribution in [0, 0.1) is 19.8 Å². The molecule has 3 heteroatoms. The zero-order valence-electron chi connectivity index (χ0n) is 13.3. The quantitative estimate of drug-likeness (QED) is 0.853. The van der Waals surface area contributed by atoms with Crippen molar-refractivity contribution in [1.29, 1.82) is 0 Å². The van der Waals surface area contributed by atoms with Crippen LogP contribution in [-0.2, 0) is 0 Å². The Morgan fingerprint density at radius 1 is 1.05 bits per heavy atom. The zero-order valence-corrected chi connectivity index (χ0v) is 13.3. The molecule has 3 nitrogen and oxygen atoms in total. The number of benzene rings is 1. The molecule has 1 heterocycles. The third-order valence-electron chi connectivity index (χ3n) is 4.56. The van der Waals surface area contributed by atoms with E-state index in [1.807, 2.05) is 17.0 Å². The number of aryl methyl sites for hydroxylation is 2. The van der Waals surface area contributed by atoms with E-state index in [2.05, 4.69) is 24.8 Å². The largest absolute Gasteiger partial charge is 0.337 e. The Hall–Kier alpha value is -1.35. The van der Waals surface area contributed by atoms with Gasteiger partial charge in [0.15, 0.2) is 0 Å². The molecule has 0 N–H and O–H groups in total. The van der Waals surface area contributed by atoms with Crippen LogP contribution in [0.15, 0.2) is 18.2 Å². The molecule has 2 aliphatic rings. The summed E-state index contributed by atoms with van der Waals surface area (Å²) >= 11 is 0. The topological polar surface area (TPSA) is 23.6 Å². The van der Waals surface area contributed by atoms with Gasteiger partial charge in [0.2, 0.25) is 0 Å². The fraction of sp³-hybridized carbons (Fsp3) is 0.611. The van der Waals surface area contributed by atoms with Gasteiger partial charge in [-0.15, -0.1) is 0 Å². The first-order valence-electron chi connectivity index (χ1n) is 8.22. The molecule has 0 spiro atoms. The molecule has 0 aromatic heterocycles. The van der Waals surface area contributed by atoms with Crippen molar-refractivity contribution in [3.63, 3.8) is 0 Å². The molecule has 0 unspecified atom stereocenters. The van der Waals surface area contributed by atoms with Crippen LogP contribution in [0.4, 0.5) is 0 Å². The monoisotopic (exact) mass is 286 g/mol. The zero-order chi connectivity index (χ0) is 14.8. The molecule has 1 aromatic rings. The minimum absolute atomic E-state index is 0.204. The lowest BCUT2D eigenvalue weighted by Crippen LogP contribution is -2.35. The van der Waals surface area contributed by atoms with Gasteiger partial charge < -0.3 is 9.80 Å². The van der Waals surface area contributed by atoms with Gasteiger partial charge in [0.05, 0.1) is 0 Å². The molecule has 1 aromatic carbocycles. The number of rotatable bonds is 3. The summed E-state index contributed by atoms with van der Waals surface area (Å²) in [5.74, 6) is 1.14. The minimum Gasteiger partial charge on any atom is -0.337 e. The third kappa shape index (κ3) is 3.85. The van der Waals surface area contributed by atoms with Gasteiger partial charge in [-0.05, 0) is 57.7 Å². The molecule has 1 amide bonds. The molecule has 1 saturated heterocycles. The molecule has 1 saturated carbocycles. The maximum Gasteiger partial charge on any atom is 0.253 e. The van der Waals surface area contributed by atoms with Gasteiger partial charge in [-0.25, -0.2) is 0 Å². The fourth-order valence-corrected chi connectivity index (χ4v) is 3.30. The first kappa shape index (κ1) is 14.6. The Labute approximate surface area is 127 Å². The number of nitrogens with zero attached hydrogens (tertiary/aromatic N) is 2. The normalized spacial score (nSPS) is 20.4. The Morgan fingerprint density at radius 2 is 1.76 bits per heavy atom. The van der Waals surface area contributed by atoms with E-state index in [0.29, 0.717) is 0 Å². The first-order valence-corrected chi connectivity index (χ1v) is 8.22. The van der Waals surface area contributed by atoms with E-state index >= 15 is 0 Å². The predicted octanol–water partition coefficient (Wildman–Crippen LogP) is 2.86. The summed E-state index contributed by atoms with van der Waals surface area (Å²) in [6, 6.07) is 6.15. The number of hydrogen-bond acceptors (Lipinski definition) is 2. The molecule has 0 radical (unpaired) electrons. The Morgan fingerprint density at radius 3 is 2.43 bits per heavy atom. The maximum atomic E-state index is 12.7. The minimum atomic E-state index is 0.204. The molecule has 1 aliphatic heterocycles. The highest BCUT2D eigenvalue weighted by Crippen LogP contribution is 2.30. The molecular formula is C18H26N2O. The summed E-state index contributed by atoms with van der Waals surface area (Å²) in [5.41, 5.74) is 3.19. The van der Waals surface area contributed by atoms with Gasteiger partial charge in [0.1, 0.15) is 0 Å². The standard InChI is InChI=1S/C18H26N2O/c1-14-10-15(2)12-17(11-14)18(21)20-7-3-6-19(8-9-20)13-16-4-5-16/h10-12,16H,3-9,13H2,1-2H3. The van der Waals surface area contributed by atoms with E-state index < -0.39 is 0 Å². The van der Waals surface area contributed by atoms with Crippen molar-refractivity contribution in [1.82, 2.24) is 9.80 Å². The average Bonchev–Trinajstić information content (AvgIpc) is 3.25. The Kier molecular flexibility index (Phi) is 4.29. The highest BCUT2D eigenvalue weighted by atomic mass is 16.2. The van der Waals surface area contributed by atoms with Crippen molar-refractivity contribution in [3.05, 3.63) is 34.9 Å². The lowest BCUT2D eigenvalue weighted by molar-refractivity contribution is 0.0761. The number of amides is 1. The second kappa shape index (κ2) is 6.18. The van der Waals surface area contributed by atoms with E-state index in [9.17, 15) is 4.79 Å². The van der Waals surface area contributed by atoms with E-state index in [1.165, 1.54) is 30.5 Å². The molecule has 114 valence electrons. The summed E-state index contributed by atoms with van der Waals surface area (Å²) < 4.78 is 0. The Balaban J connectivity index is 1.63. The molecule has 0 bridgehead atoms. The Bertz CT molecular complexity index is 502. The van der Waals surface area contributed by atoms with E-state index in [4.69, 9.17) is 0 Å². The number of carbonyl (C=O) groups excluding carboxylic acids is 1. The van der Waals surface area contributed by atoms with Crippen LogP contribution < -0.4 is 0 Å². The second-order valence-electron chi connectivity index (χ2n) is 6.77. The van der Waals surface area contributed by atoms with Gasteiger partial charge in [-0.3, -0.25) is 4.79 Å². The van der Waals surface area contributed by atoms with Gasteiger partial charge in [-0.1, -0.05) is 17.2 Å². The summed E-state index contributed by atoms with van der Waals surface area (Å²) in [6.07, 6.45) is 3.91. The van der Waals surface area contributed by atoms with Crippen LogP contribution in [0.1, 0.15) is 40.7 Å². The molecule has 0 atom stereocenters. The summed E-state index contributed by atoms with van der Waals surface area (Å²) in [5, 5.41) is 0. The van der Waals surface area contributed by atoms with E-state index in [0.717, 1.165) is 44.1 Å². The summed E-state index contributed by atoms with van der Waals surface area (Å²) in [7, 11) is 0. The first-order chi connectivity index (χ1) is 10.1. The molecule has 1 aliphatic carbocycles. The van der Waals surface area contributed by atoms with Crippen molar-refractivity contribution in [2.24, 2.45) is 5.92 Å². The van der Waals surface area contributed by atoms with Crippen molar-refractivity contribution >= 4 is 5.91 Å². The van der Waals surface area contributed by atoms with Gasteiger partial charge in [0, 0.05) is 31.7 Å². The van der Waals surface area contributed by atoms with Gasteiger partial charge in [-0.2, -0.15) is 0 Å². The van der Waals surface area contributed by atoms with Crippen molar-refractivity contribution < 1.29 is 4.79 Å². The van der Waals surface area contributed by atoms with Crippen LogP contribution in [0.25, 0.3) is 0 Å². The number of hydrogen-bond donors (Lipinski definition) is 0. The molecule has 21 heavy (non-hydrogen) atoms. The smallest absolute Gasteiger partial charge is 0.253 e. The van der Waals surface area contributed by atoms with Crippen molar-refractivity contribution in [2.75, 3.05) is 32.7 Å². The van der Waals surface area contributed by atoms with E-state index in [-0.39, 0.29) is 5.91 Å². The van der Waals surface area contributed by atoms with Crippen LogP contribution in [0.2, 0.25) is 0 Å². The third-order valence-corrected chi connectivity index (χ3v) is 4.56. The number of carbonyl (C=O) groups is 1. The SMILES string of the molecule is Cc1cc(C)cc(C(=O)N2CCCN(CC3CC3)CC2)c1. The maximum absolute atomic E-state index is 12.7. The van der Waals surface area contributed by atoms with Gasteiger partial charge in [0.25, 0.3) is 5.91 Å². The fourth-order valence-electron chi connectivity index (χ4n) is 3.30.